The number of hydrogen-bond donors (Lipinski definition) is 1. The third-order valence-electron chi connectivity index (χ3n) is 6.48. The van der Waals surface area contributed by atoms with Gasteiger partial charge in [-0.25, -0.2) is 4.68 Å². The lowest BCUT2D eigenvalue weighted by Gasteiger charge is -2.34. The van der Waals surface area contributed by atoms with E-state index in [4.69, 9.17) is 4.42 Å². The number of fused-ring (bicyclic) bond motifs is 3. The van der Waals surface area contributed by atoms with Crippen LogP contribution in [0.4, 0.5) is 0 Å². The molecule has 3 aromatic rings. The molecule has 1 fully saturated rings. The first-order chi connectivity index (χ1) is 13.8. The van der Waals surface area contributed by atoms with Crippen molar-refractivity contribution in [2.75, 3.05) is 0 Å². The highest BCUT2D eigenvalue weighted by Crippen LogP contribution is 2.29. The summed E-state index contributed by atoms with van der Waals surface area (Å²) >= 11 is 0. The molecule has 3 heterocycles. The van der Waals surface area contributed by atoms with Crippen LogP contribution in [-0.2, 0) is 11.3 Å². The molecule has 7 nitrogen and oxygen atoms in total. The zero-order valence-corrected chi connectivity index (χ0v) is 17.7. The van der Waals surface area contributed by atoms with Crippen LogP contribution in [-0.4, -0.2) is 26.1 Å². The summed E-state index contributed by atoms with van der Waals surface area (Å²) in [5.74, 6) is 2.76. The van der Waals surface area contributed by atoms with Crippen molar-refractivity contribution < 1.29 is 9.21 Å². The van der Waals surface area contributed by atoms with E-state index in [0.29, 0.717) is 42.3 Å². The van der Waals surface area contributed by atoms with Gasteiger partial charge in [0, 0.05) is 31.1 Å². The Hall–Kier alpha value is -2.57. The van der Waals surface area contributed by atoms with Crippen LogP contribution in [0.5, 0.6) is 0 Å². The molecule has 156 valence electrons. The summed E-state index contributed by atoms with van der Waals surface area (Å²) in [5, 5.41) is 7.66. The Morgan fingerprint density at radius 3 is 2.83 bits per heavy atom. The molecular weight excluding hydrogens is 368 g/mol. The van der Waals surface area contributed by atoms with E-state index >= 15 is 0 Å². The molecule has 0 aliphatic heterocycles. The summed E-state index contributed by atoms with van der Waals surface area (Å²) in [6, 6.07) is 3.96. The molecule has 1 saturated carbocycles. The van der Waals surface area contributed by atoms with E-state index in [0.717, 1.165) is 23.5 Å². The van der Waals surface area contributed by atoms with Crippen molar-refractivity contribution in [3.8, 4) is 0 Å². The Bertz CT molecular complexity index is 1110. The van der Waals surface area contributed by atoms with Crippen molar-refractivity contribution in [3.63, 3.8) is 0 Å². The number of amides is 1. The summed E-state index contributed by atoms with van der Waals surface area (Å²) in [5.41, 5.74) is 1.95. The fourth-order valence-electron chi connectivity index (χ4n) is 4.62. The molecule has 0 unspecified atom stereocenters. The fourth-order valence-corrected chi connectivity index (χ4v) is 4.62. The van der Waals surface area contributed by atoms with Gasteiger partial charge in [0.25, 0.3) is 5.56 Å². The molecule has 1 amide bonds. The van der Waals surface area contributed by atoms with E-state index in [-0.39, 0.29) is 17.5 Å². The molecule has 29 heavy (non-hydrogen) atoms. The molecule has 0 aromatic carbocycles. The number of aryl methyl sites for hydroxylation is 3. The quantitative estimate of drug-likeness (QED) is 0.712. The minimum atomic E-state index is -0.158. The van der Waals surface area contributed by atoms with E-state index in [1.807, 2.05) is 24.3 Å². The fraction of sp³-hybridized carbons (Fsp3) is 0.591. The van der Waals surface area contributed by atoms with Crippen LogP contribution in [0.1, 0.15) is 57.5 Å². The van der Waals surface area contributed by atoms with Crippen molar-refractivity contribution in [3.05, 3.63) is 34.1 Å². The molecule has 0 radical (unpaired) electrons. The average molecular weight is 399 g/mol. The number of aromatic nitrogens is 3. The second kappa shape index (κ2) is 7.69. The number of nitrogens with zero attached hydrogens (tertiary/aromatic N) is 3. The molecular formula is C22H30N4O3. The number of rotatable bonds is 5. The van der Waals surface area contributed by atoms with Gasteiger partial charge in [0.1, 0.15) is 17.1 Å². The van der Waals surface area contributed by atoms with Crippen LogP contribution in [0.3, 0.4) is 0 Å². The van der Waals surface area contributed by atoms with Crippen LogP contribution >= 0.6 is 0 Å². The summed E-state index contributed by atoms with van der Waals surface area (Å²) in [6.45, 7) is 8.68. The first-order valence-electron chi connectivity index (χ1n) is 10.6. The van der Waals surface area contributed by atoms with Gasteiger partial charge in [-0.2, -0.15) is 5.10 Å². The zero-order valence-electron chi connectivity index (χ0n) is 17.7. The highest BCUT2D eigenvalue weighted by atomic mass is 16.3. The number of carbonyl (C=O) groups excluding carboxylic acids is 1. The van der Waals surface area contributed by atoms with Crippen LogP contribution in [0, 0.1) is 25.7 Å². The smallest absolute Gasteiger partial charge is 0.291 e. The minimum absolute atomic E-state index is 0.0671. The molecule has 0 spiro atoms. The maximum absolute atomic E-state index is 12.8. The van der Waals surface area contributed by atoms with Gasteiger partial charge in [-0.15, -0.1) is 0 Å². The SMILES string of the molecule is Cc1cc2c(cc3c(=O)n(CCCC(=O)N[C@@H]4CCC[C@H](C)[C@H]4C)nc(C)n32)o1. The van der Waals surface area contributed by atoms with Gasteiger partial charge in [0.2, 0.25) is 5.91 Å². The monoisotopic (exact) mass is 398 g/mol. The van der Waals surface area contributed by atoms with Gasteiger partial charge >= 0.3 is 0 Å². The predicted octanol–water partition coefficient (Wildman–Crippen LogP) is 3.58. The molecule has 1 N–H and O–H groups in total. The Morgan fingerprint density at radius 1 is 1.24 bits per heavy atom. The van der Waals surface area contributed by atoms with Gasteiger partial charge in [-0.3, -0.25) is 14.0 Å². The molecule has 1 aliphatic carbocycles. The molecule has 3 atom stereocenters. The third-order valence-corrected chi connectivity index (χ3v) is 6.48. The Balaban J connectivity index is 1.42. The number of hydrogen-bond acceptors (Lipinski definition) is 4. The van der Waals surface area contributed by atoms with Gasteiger partial charge < -0.3 is 9.73 Å². The highest BCUT2D eigenvalue weighted by molar-refractivity contribution is 5.83. The normalized spacial score (nSPS) is 22.4. The lowest BCUT2D eigenvalue weighted by Crippen LogP contribution is -2.43. The van der Waals surface area contributed by atoms with Crippen molar-refractivity contribution in [1.82, 2.24) is 19.5 Å². The summed E-state index contributed by atoms with van der Waals surface area (Å²) in [6.07, 6.45) is 4.46. The second-order valence-corrected chi connectivity index (χ2v) is 8.59. The van der Waals surface area contributed by atoms with Crippen LogP contribution < -0.4 is 10.9 Å². The Kier molecular flexibility index (Phi) is 5.23. The van der Waals surface area contributed by atoms with E-state index in [1.165, 1.54) is 17.5 Å². The van der Waals surface area contributed by atoms with Gasteiger partial charge in [0.05, 0.1) is 5.52 Å². The highest BCUT2D eigenvalue weighted by Gasteiger charge is 2.27. The molecule has 4 rings (SSSR count). The molecule has 0 bridgehead atoms. The Labute approximate surface area is 170 Å². The van der Waals surface area contributed by atoms with Gasteiger partial charge in [0.15, 0.2) is 5.58 Å². The number of nitrogens with one attached hydrogen (secondary N) is 1. The second-order valence-electron chi connectivity index (χ2n) is 8.59. The van der Waals surface area contributed by atoms with Gasteiger partial charge in [-0.05, 0) is 38.5 Å². The molecule has 3 aromatic heterocycles. The van der Waals surface area contributed by atoms with E-state index < -0.39 is 0 Å². The minimum Gasteiger partial charge on any atom is -0.460 e. The van der Waals surface area contributed by atoms with Crippen molar-refractivity contribution >= 4 is 22.5 Å². The van der Waals surface area contributed by atoms with E-state index in [9.17, 15) is 9.59 Å². The lowest BCUT2D eigenvalue weighted by atomic mass is 9.78. The lowest BCUT2D eigenvalue weighted by molar-refractivity contribution is -0.122. The molecule has 7 heteroatoms. The Morgan fingerprint density at radius 2 is 2.03 bits per heavy atom. The largest absolute Gasteiger partial charge is 0.460 e. The number of carbonyl (C=O) groups is 1. The van der Waals surface area contributed by atoms with Crippen molar-refractivity contribution in [2.24, 2.45) is 11.8 Å². The number of furan rings is 1. The van der Waals surface area contributed by atoms with E-state index in [1.54, 1.807) is 6.07 Å². The van der Waals surface area contributed by atoms with Crippen LogP contribution in [0.2, 0.25) is 0 Å². The van der Waals surface area contributed by atoms with Crippen LogP contribution in [0.25, 0.3) is 16.6 Å². The van der Waals surface area contributed by atoms with Gasteiger partial charge in [-0.1, -0.05) is 26.7 Å². The maximum Gasteiger partial charge on any atom is 0.291 e. The summed E-state index contributed by atoms with van der Waals surface area (Å²) < 4.78 is 8.96. The average Bonchev–Trinajstić information content (AvgIpc) is 3.19. The topological polar surface area (TPSA) is 81.5 Å². The van der Waals surface area contributed by atoms with Crippen molar-refractivity contribution in [1.29, 1.82) is 0 Å². The first-order valence-corrected chi connectivity index (χ1v) is 10.6. The summed E-state index contributed by atoms with van der Waals surface area (Å²) in [7, 11) is 0. The van der Waals surface area contributed by atoms with Crippen LogP contribution in [0.15, 0.2) is 21.3 Å². The molecule has 1 aliphatic rings. The van der Waals surface area contributed by atoms with E-state index in [2.05, 4.69) is 24.3 Å². The third kappa shape index (κ3) is 3.70. The summed E-state index contributed by atoms with van der Waals surface area (Å²) in [4.78, 5) is 25.2. The maximum atomic E-state index is 12.8. The standard InChI is InChI=1S/C22H30N4O3/c1-13-7-5-8-17(15(13)3)23-21(27)9-6-10-25-22(28)19-12-20-18(11-14(2)29-20)26(19)16(4)24-25/h11-13,15,17H,5-10H2,1-4H3,(H,23,27)/t13-,15+,17+/m0/s1. The predicted molar refractivity (Wildman–Crippen MR) is 112 cm³/mol. The zero-order chi connectivity index (χ0) is 20.7. The van der Waals surface area contributed by atoms with Crippen molar-refractivity contribution in [2.45, 2.75) is 72.4 Å². The first kappa shape index (κ1) is 19.7. The molecule has 0 saturated heterocycles.